The van der Waals surface area contributed by atoms with Crippen LogP contribution in [0.25, 0.3) is 0 Å². The molecule has 8 heavy (non-hydrogen) atoms. The van der Waals surface area contributed by atoms with Gasteiger partial charge in [0, 0.05) is 10.4 Å². The van der Waals surface area contributed by atoms with Crippen LogP contribution in [0.2, 0.25) is 0 Å². The molecule has 0 saturated heterocycles. The van der Waals surface area contributed by atoms with Crippen LogP contribution >= 0.6 is 0 Å². The van der Waals surface area contributed by atoms with E-state index in [1.165, 1.54) is 0 Å². The zero-order valence-electron chi connectivity index (χ0n) is 3.50. The van der Waals surface area contributed by atoms with Crippen LogP contribution in [0.3, 0.4) is 0 Å². The van der Waals surface area contributed by atoms with Crippen LogP contribution in [0.5, 0.6) is 0 Å². The molecular weight excluding hydrogens is 241 g/mol. The van der Waals surface area contributed by atoms with Gasteiger partial charge in [0.25, 0.3) is 0 Å². The maximum absolute atomic E-state index is 8.52. The monoisotopic (exact) mass is 240 g/mol. The molecule has 50 valence electrons. The fourth-order valence-electron chi connectivity index (χ4n) is 0. The SMILES string of the molecule is O=S(=O)([O-])[O-].[Cu+].[OH-].[Zn+2]. The van der Waals surface area contributed by atoms with E-state index in [9.17, 15) is 0 Å². The Morgan fingerprint density at radius 1 is 1.12 bits per heavy atom. The predicted molar refractivity (Wildman–Crippen MR) is 12.4 cm³/mol. The van der Waals surface area contributed by atoms with Crippen LogP contribution in [0.15, 0.2) is 0 Å². The van der Waals surface area contributed by atoms with Crippen molar-refractivity contribution in [2.45, 2.75) is 0 Å². The second kappa shape index (κ2) is 7.97. The smallest absolute Gasteiger partial charge is 0.870 e. The van der Waals surface area contributed by atoms with Gasteiger partial charge in [-0.3, -0.25) is 8.42 Å². The molecule has 0 aromatic carbocycles. The summed E-state index contributed by atoms with van der Waals surface area (Å²) in [4.78, 5) is 0. The first kappa shape index (κ1) is 23.1. The molecule has 1 N–H and O–H groups in total. The first-order chi connectivity index (χ1) is 2.00. The second-order valence-corrected chi connectivity index (χ2v) is 1.22. The van der Waals surface area contributed by atoms with Gasteiger partial charge in [0.15, 0.2) is 0 Å². The van der Waals surface area contributed by atoms with Crippen molar-refractivity contribution in [1.29, 1.82) is 0 Å². The maximum atomic E-state index is 8.52. The number of hydrogen-bond donors (Lipinski definition) is 0. The summed E-state index contributed by atoms with van der Waals surface area (Å²) in [5.74, 6) is 0. The van der Waals surface area contributed by atoms with Gasteiger partial charge >= 0.3 is 36.5 Å². The standard InChI is InChI=1S/Cu.H2O4S.H2O.Zn/c;1-5(2,3)4;;/h;(H2,1,2,3,4);1H2;/q+1;;;+2/p-3. The van der Waals surface area contributed by atoms with E-state index in [1.54, 1.807) is 0 Å². The zero-order valence-corrected chi connectivity index (χ0v) is 8.22. The van der Waals surface area contributed by atoms with Crippen molar-refractivity contribution in [3.63, 3.8) is 0 Å². The summed E-state index contributed by atoms with van der Waals surface area (Å²) in [6, 6.07) is 0. The first-order valence-corrected chi connectivity index (χ1v) is 2.00. The van der Waals surface area contributed by atoms with Crippen LogP contribution in [0.1, 0.15) is 0 Å². The van der Waals surface area contributed by atoms with E-state index in [4.69, 9.17) is 17.5 Å². The molecule has 5 nitrogen and oxygen atoms in total. The van der Waals surface area contributed by atoms with Gasteiger partial charge in [-0.2, -0.15) is 0 Å². The molecule has 0 heterocycles. The van der Waals surface area contributed by atoms with Crippen molar-refractivity contribution in [3.05, 3.63) is 0 Å². The van der Waals surface area contributed by atoms with E-state index in [1.807, 2.05) is 0 Å². The minimum Gasteiger partial charge on any atom is -0.870 e. The third-order valence-electron chi connectivity index (χ3n) is 0. The molecule has 0 radical (unpaired) electrons. The van der Waals surface area contributed by atoms with Gasteiger partial charge in [-0.15, -0.1) is 0 Å². The van der Waals surface area contributed by atoms with Gasteiger partial charge in [0.05, 0.1) is 0 Å². The zero-order chi connectivity index (χ0) is 4.50. The molecule has 0 aromatic rings. The molecule has 0 aliphatic carbocycles. The van der Waals surface area contributed by atoms with Gasteiger partial charge in [0.2, 0.25) is 0 Å². The minimum atomic E-state index is -5.17. The summed E-state index contributed by atoms with van der Waals surface area (Å²) in [5.41, 5.74) is 0. The normalized spacial score (nSPS) is 7.25. The molecule has 0 unspecified atom stereocenters. The Morgan fingerprint density at radius 2 is 1.12 bits per heavy atom. The van der Waals surface area contributed by atoms with Crippen molar-refractivity contribution < 1.29 is 59.5 Å². The predicted octanol–water partition coefficient (Wildman–Crippen LogP) is -1.52. The molecule has 0 amide bonds. The summed E-state index contributed by atoms with van der Waals surface area (Å²) >= 11 is 0. The van der Waals surface area contributed by atoms with Crippen molar-refractivity contribution >= 4 is 10.4 Å². The minimum absolute atomic E-state index is 0. The average molecular weight is 242 g/mol. The molecule has 0 aliphatic rings. The van der Waals surface area contributed by atoms with E-state index in [0.717, 1.165) is 0 Å². The Balaban J connectivity index is -0.0000000267. The van der Waals surface area contributed by atoms with Crippen molar-refractivity contribution in [1.82, 2.24) is 0 Å². The van der Waals surface area contributed by atoms with Crippen LogP contribution in [0.4, 0.5) is 0 Å². The van der Waals surface area contributed by atoms with E-state index in [-0.39, 0.29) is 42.0 Å². The summed E-state index contributed by atoms with van der Waals surface area (Å²) in [5, 5.41) is 0. The Kier molecular flexibility index (Phi) is 23.0. The third kappa shape index (κ3) is 263. The quantitative estimate of drug-likeness (QED) is 0.291. The fraction of sp³-hybridized carbons (Fsp3) is 0. The summed E-state index contributed by atoms with van der Waals surface area (Å²) in [6.07, 6.45) is 0. The van der Waals surface area contributed by atoms with Gasteiger partial charge in [-0.1, -0.05) is 0 Å². The van der Waals surface area contributed by atoms with E-state index in [2.05, 4.69) is 0 Å². The van der Waals surface area contributed by atoms with E-state index >= 15 is 0 Å². The average Bonchev–Trinajstić information content (AvgIpc) is 0.722. The van der Waals surface area contributed by atoms with Crippen molar-refractivity contribution in [2.75, 3.05) is 0 Å². The molecule has 0 bridgehead atoms. The van der Waals surface area contributed by atoms with Crippen molar-refractivity contribution in [2.24, 2.45) is 0 Å². The molecule has 0 rings (SSSR count). The van der Waals surface area contributed by atoms with Crippen LogP contribution in [-0.4, -0.2) is 23.0 Å². The molecule has 0 saturated carbocycles. The van der Waals surface area contributed by atoms with Gasteiger partial charge in [-0.05, 0) is 0 Å². The Bertz CT molecular complexity index is 95.6. The summed E-state index contributed by atoms with van der Waals surface area (Å²) in [7, 11) is -5.17. The van der Waals surface area contributed by atoms with Gasteiger partial charge in [-0.25, -0.2) is 0 Å². The van der Waals surface area contributed by atoms with E-state index in [0.29, 0.717) is 0 Å². The molecular formula is HCuO5SZn. The van der Waals surface area contributed by atoms with Gasteiger partial charge < -0.3 is 14.6 Å². The largest absolute Gasteiger partial charge is 2.00 e. The number of hydrogen-bond acceptors (Lipinski definition) is 5. The first-order valence-electron chi connectivity index (χ1n) is 0.667. The van der Waals surface area contributed by atoms with Crippen LogP contribution in [-0.2, 0) is 46.9 Å². The summed E-state index contributed by atoms with van der Waals surface area (Å²) in [6.45, 7) is 0. The molecule has 0 fully saturated rings. The van der Waals surface area contributed by atoms with E-state index < -0.39 is 10.4 Å². The van der Waals surface area contributed by atoms with Crippen molar-refractivity contribution in [3.8, 4) is 0 Å². The molecule has 0 aliphatic heterocycles. The van der Waals surface area contributed by atoms with Crippen LogP contribution in [0, 0.1) is 0 Å². The summed E-state index contributed by atoms with van der Waals surface area (Å²) < 4.78 is 34.1. The maximum Gasteiger partial charge on any atom is 2.00 e. The Morgan fingerprint density at radius 3 is 1.12 bits per heavy atom. The van der Waals surface area contributed by atoms with Gasteiger partial charge in [0.1, 0.15) is 0 Å². The topological polar surface area (TPSA) is 110 Å². The van der Waals surface area contributed by atoms with Crippen LogP contribution < -0.4 is 0 Å². The Labute approximate surface area is 70.0 Å². The Hall–Kier alpha value is 0.973. The second-order valence-electron chi connectivity index (χ2n) is 0.408. The molecule has 8 heteroatoms. The number of rotatable bonds is 0. The molecule has 0 aromatic heterocycles. The fourth-order valence-corrected chi connectivity index (χ4v) is 0. The third-order valence-corrected chi connectivity index (χ3v) is 0. The molecule has 0 spiro atoms. The molecule has 0 atom stereocenters.